The molecule has 0 bridgehead atoms. The molecule has 0 radical (unpaired) electrons. The smallest absolute Gasteiger partial charge is 0.336 e. The van der Waals surface area contributed by atoms with E-state index in [0.29, 0.717) is 19.5 Å². The summed E-state index contributed by atoms with van der Waals surface area (Å²) in [5, 5.41) is 10.9. The maximum Gasteiger partial charge on any atom is 0.336 e. The van der Waals surface area contributed by atoms with Gasteiger partial charge in [-0.15, -0.1) is 0 Å². The highest BCUT2D eigenvalue weighted by Gasteiger charge is 2.54. The lowest BCUT2D eigenvalue weighted by Gasteiger charge is -2.41. The Morgan fingerprint density at radius 2 is 1.68 bits per heavy atom. The second kappa shape index (κ2) is 13.1. The average molecular weight is 665 g/mol. The van der Waals surface area contributed by atoms with Crippen LogP contribution in [0.2, 0.25) is 0 Å². The molecular weight excluding hydrogens is 627 g/mol. The Balaban J connectivity index is 1.68. The molecule has 248 valence electrons. The molecular formula is C34H37FN4O7S. The number of amides is 4. The van der Waals surface area contributed by atoms with Crippen molar-refractivity contribution in [2.24, 2.45) is 11.1 Å². The van der Waals surface area contributed by atoms with Crippen molar-refractivity contribution in [3.8, 4) is 0 Å². The number of carboxylic acids is 1. The number of nitrogens with two attached hydrogens (primary N) is 1. The number of carbonyl (C=O) groups is 4. The van der Waals surface area contributed by atoms with Crippen LogP contribution in [-0.2, 0) is 25.8 Å². The molecule has 3 aromatic carbocycles. The van der Waals surface area contributed by atoms with Gasteiger partial charge in [0.1, 0.15) is 11.9 Å². The third-order valence-corrected chi connectivity index (χ3v) is 11.1. The summed E-state index contributed by atoms with van der Waals surface area (Å²) in [7, 11) is -4.26. The van der Waals surface area contributed by atoms with Crippen LogP contribution in [0.4, 0.5) is 14.9 Å². The van der Waals surface area contributed by atoms with Gasteiger partial charge in [-0.2, -0.15) is 0 Å². The van der Waals surface area contributed by atoms with Crippen molar-refractivity contribution in [1.82, 2.24) is 9.80 Å². The molecule has 0 aliphatic carbocycles. The molecule has 11 nitrogen and oxygen atoms in total. The number of primary amides is 1. The molecule has 4 N–H and O–H groups in total. The van der Waals surface area contributed by atoms with Crippen LogP contribution in [-0.4, -0.2) is 71.5 Å². The standard InChI is InChI=1S/C34H37FN4O7S/c1-34(2)16-9-17-38(20-34)31(41)27-19-28(47(45,46)21-10-4-3-5-11-21)30(23-12-6-7-14-25(23)35)39(27)29(40)18-24-22(32(42)43)13-8-15-26(24)37-33(36)44/h3-8,10-15,27-28,30H,9,16-20H2,1-2H3,(H,42,43)(H3,36,37,44). The fourth-order valence-electron chi connectivity index (χ4n) is 6.82. The number of hydrogen-bond acceptors (Lipinski definition) is 6. The summed E-state index contributed by atoms with van der Waals surface area (Å²) < 4.78 is 44.3. The fraction of sp³-hybridized carbons (Fsp3) is 0.353. The van der Waals surface area contributed by atoms with Gasteiger partial charge in [-0.25, -0.2) is 22.4 Å². The number of sulfone groups is 1. The van der Waals surface area contributed by atoms with E-state index in [9.17, 15) is 32.7 Å². The predicted octanol–water partition coefficient (Wildman–Crippen LogP) is 4.39. The van der Waals surface area contributed by atoms with Crippen molar-refractivity contribution in [2.75, 3.05) is 18.4 Å². The van der Waals surface area contributed by atoms with E-state index in [4.69, 9.17) is 5.73 Å². The summed E-state index contributed by atoms with van der Waals surface area (Å²) in [5.41, 5.74) is 4.56. The lowest BCUT2D eigenvalue weighted by molar-refractivity contribution is -0.147. The number of likely N-dealkylation sites (tertiary alicyclic amines) is 2. The second-order valence-corrected chi connectivity index (χ2v) is 14.9. The van der Waals surface area contributed by atoms with Crippen LogP contribution in [0.3, 0.4) is 0 Å². The Morgan fingerprint density at radius 3 is 2.32 bits per heavy atom. The van der Waals surface area contributed by atoms with E-state index >= 15 is 4.39 Å². The van der Waals surface area contributed by atoms with Crippen LogP contribution in [0.5, 0.6) is 0 Å². The number of piperidine rings is 1. The van der Waals surface area contributed by atoms with Crippen LogP contribution < -0.4 is 11.1 Å². The van der Waals surface area contributed by atoms with E-state index in [0.717, 1.165) is 17.4 Å². The SMILES string of the molecule is CC1(C)CCCN(C(=O)C2CC(S(=O)(=O)c3ccccc3)C(c3ccccc3F)N2C(=O)Cc2c(NC(N)=O)cccc2C(=O)O)C1. The van der Waals surface area contributed by atoms with Crippen LogP contribution in [0.15, 0.2) is 77.7 Å². The number of hydrogen-bond donors (Lipinski definition) is 3. The van der Waals surface area contributed by atoms with E-state index in [1.165, 1.54) is 48.5 Å². The first-order valence-corrected chi connectivity index (χ1v) is 16.8. The van der Waals surface area contributed by atoms with E-state index < -0.39 is 63.2 Å². The van der Waals surface area contributed by atoms with Crippen LogP contribution in [0.25, 0.3) is 0 Å². The molecule has 2 heterocycles. The summed E-state index contributed by atoms with van der Waals surface area (Å²) in [6.07, 6.45) is 0.603. The fourth-order valence-corrected chi connectivity index (χ4v) is 8.76. The molecule has 3 aromatic rings. The summed E-state index contributed by atoms with van der Waals surface area (Å²) in [5.74, 6) is -3.45. The van der Waals surface area contributed by atoms with E-state index in [2.05, 4.69) is 5.32 Å². The number of halogens is 1. The number of nitrogens with one attached hydrogen (secondary N) is 1. The first kappa shape index (κ1) is 33.6. The molecule has 5 rings (SSSR count). The Kier molecular flexibility index (Phi) is 9.39. The molecule has 2 fully saturated rings. The number of aromatic carboxylic acids is 1. The van der Waals surface area contributed by atoms with Gasteiger partial charge in [0.05, 0.1) is 28.2 Å². The molecule has 0 aromatic heterocycles. The van der Waals surface area contributed by atoms with Gasteiger partial charge in [-0.3, -0.25) is 9.59 Å². The molecule has 0 spiro atoms. The van der Waals surface area contributed by atoms with Crippen molar-refractivity contribution in [1.29, 1.82) is 0 Å². The third kappa shape index (κ3) is 6.85. The number of carboxylic acid groups (broad SMARTS) is 1. The number of anilines is 1. The summed E-state index contributed by atoms with van der Waals surface area (Å²) in [6.45, 7) is 4.81. The van der Waals surface area contributed by atoms with Crippen LogP contribution in [0, 0.1) is 11.2 Å². The zero-order valence-electron chi connectivity index (χ0n) is 26.1. The van der Waals surface area contributed by atoms with Crippen molar-refractivity contribution in [2.45, 2.75) is 61.8 Å². The predicted molar refractivity (Wildman–Crippen MR) is 172 cm³/mol. The highest BCUT2D eigenvalue weighted by Crippen LogP contribution is 2.45. The van der Waals surface area contributed by atoms with E-state index in [1.807, 2.05) is 13.8 Å². The Bertz CT molecular complexity index is 1820. The minimum absolute atomic E-state index is 0.0403. The largest absolute Gasteiger partial charge is 0.478 e. The zero-order valence-corrected chi connectivity index (χ0v) is 26.9. The number of nitrogens with zero attached hydrogens (tertiary/aromatic N) is 2. The van der Waals surface area contributed by atoms with Crippen molar-refractivity contribution in [3.05, 3.63) is 95.3 Å². The van der Waals surface area contributed by atoms with Crippen LogP contribution >= 0.6 is 0 Å². The Hall–Kier alpha value is -4.78. The van der Waals surface area contributed by atoms with Gasteiger partial charge >= 0.3 is 12.0 Å². The Labute approximate surface area is 272 Å². The molecule has 3 atom stereocenters. The molecule has 3 unspecified atom stereocenters. The van der Waals surface area contributed by atoms with Gasteiger partial charge in [0.25, 0.3) is 0 Å². The Morgan fingerprint density at radius 1 is 1.00 bits per heavy atom. The number of benzene rings is 3. The number of urea groups is 1. The average Bonchev–Trinajstić information content (AvgIpc) is 3.43. The topological polar surface area (TPSA) is 167 Å². The van der Waals surface area contributed by atoms with Gasteiger partial charge in [-0.05, 0) is 60.6 Å². The molecule has 2 saturated heterocycles. The van der Waals surface area contributed by atoms with Gasteiger partial charge in [-0.1, -0.05) is 56.3 Å². The van der Waals surface area contributed by atoms with Crippen molar-refractivity contribution in [3.63, 3.8) is 0 Å². The monoisotopic (exact) mass is 664 g/mol. The molecule has 13 heteroatoms. The quantitative estimate of drug-likeness (QED) is 0.321. The second-order valence-electron chi connectivity index (χ2n) is 12.7. The molecule has 4 amide bonds. The summed E-state index contributed by atoms with van der Waals surface area (Å²) in [6, 6.07) is 13.3. The first-order valence-electron chi connectivity index (χ1n) is 15.3. The van der Waals surface area contributed by atoms with Crippen LogP contribution in [0.1, 0.15) is 60.6 Å². The van der Waals surface area contributed by atoms with E-state index in [-0.39, 0.29) is 39.1 Å². The molecule has 47 heavy (non-hydrogen) atoms. The lowest BCUT2D eigenvalue weighted by atomic mass is 9.84. The molecule has 2 aliphatic heterocycles. The van der Waals surface area contributed by atoms with Gasteiger partial charge in [0.15, 0.2) is 9.84 Å². The minimum Gasteiger partial charge on any atom is -0.478 e. The molecule has 2 aliphatic rings. The van der Waals surface area contributed by atoms with E-state index in [1.54, 1.807) is 23.1 Å². The normalized spacial score (nSPS) is 20.9. The van der Waals surface area contributed by atoms with Crippen molar-refractivity contribution < 1.29 is 37.1 Å². The first-order chi connectivity index (χ1) is 22.2. The number of rotatable bonds is 8. The van der Waals surface area contributed by atoms with Gasteiger partial charge in [0.2, 0.25) is 11.8 Å². The maximum absolute atomic E-state index is 15.7. The minimum atomic E-state index is -4.26. The highest BCUT2D eigenvalue weighted by molar-refractivity contribution is 7.92. The third-order valence-electron chi connectivity index (χ3n) is 8.91. The summed E-state index contributed by atoms with van der Waals surface area (Å²) in [4.78, 5) is 55.6. The highest BCUT2D eigenvalue weighted by atomic mass is 32.2. The zero-order chi connectivity index (χ0) is 34.1. The van der Waals surface area contributed by atoms with Gasteiger partial charge in [0, 0.05) is 24.3 Å². The lowest BCUT2D eigenvalue weighted by Crippen LogP contribution is -2.52. The maximum atomic E-state index is 15.7. The van der Waals surface area contributed by atoms with Crippen molar-refractivity contribution >= 4 is 39.3 Å². The van der Waals surface area contributed by atoms with Gasteiger partial charge < -0.3 is 26.0 Å². The summed E-state index contributed by atoms with van der Waals surface area (Å²) >= 11 is 0. The number of carbonyl (C=O) groups excluding carboxylic acids is 3. The molecule has 0 saturated carbocycles.